The summed E-state index contributed by atoms with van der Waals surface area (Å²) in [7, 11) is 0. The van der Waals surface area contributed by atoms with Crippen LogP contribution in [0.15, 0.2) is 0 Å². The van der Waals surface area contributed by atoms with Gasteiger partial charge in [0, 0.05) is 0 Å². The summed E-state index contributed by atoms with van der Waals surface area (Å²) in [5.74, 6) is -2.18. The van der Waals surface area contributed by atoms with E-state index < -0.39 is 37.3 Å². The van der Waals surface area contributed by atoms with Gasteiger partial charge >= 0.3 is 12.1 Å². The summed E-state index contributed by atoms with van der Waals surface area (Å²) in [6.07, 6.45) is -0.285. The maximum Gasteiger partial charge on any atom is 0.411 e. The van der Waals surface area contributed by atoms with E-state index in [1.165, 1.54) is 0 Å². The number of amides is 1. The molecule has 20 heavy (non-hydrogen) atoms. The number of rotatable bonds is 6. The third kappa shape index (κ3) is 6.23. The molecule has 0 spiro atoms. The van der Waals surface area contributed by atoms with Gasteiger partial charge in [-0.1, -0.05) is 19.3 Å². The zero-order chi connectivity index (χ0) is 15.2. The summed E-state index contributed by atoms with van der Waals surface area (Å²) in [5.41, 5.74) is 0. The second kappa shape index (κ2) is 7.47. The largest absolute Gasteiger partial charge is 0.480 e. The molecule has 0 aliphatic heterocycles. The van der Waals surface area contributed by atoms with Crippen LogP contribution in [0.2, 0.25) is 0 Å². The number of carbonyl (C=O) groups excluding carboxylic acids is 1. The third-order valence-corrected chi connectivity index (χ3v) is 3.20. The quantitative estimate of drug-likeness (QED) is 0.782. The van der Waals surface area contributed by atoms with E-state index >= 15 is 0 Å². The molecule has 0 aromatic rings. The monoisotopic (exact) mass is 297 g/mol. The van der Waals surface area contributed by atoms with Crippen molar-refractivity contribution in [3.63, 3.8) is 0 Å². The van der Waals surface area contributed by atoms with E-state index in [0.717, 1.165) is 19.3 Å². The van der Waals surface area contributed by atoms with Gasteiger partial charge in [0.05, 0.1) is 0 Å². The molecule has 0 aromatic carbocycles. The summed E-state index contributed by atoms with van der Waals surface area (Å²) < 4.78 is 39.7. The van der Waals surface area contributed by atoms with Gasteiger partial charge in [0.25, 0.3) is 0 Å². The van der Waals surface area contributed by atoms with Gasteiger partial charge in [-0.05, 0) is 18.8 Å². The van der Waals surface area contributed by atoms with Crippen molar-refractivity contribution < 1.29 is 32.6 Å². The highest BCUT2D eigenvalue weighted by Crippen LogP contribution is 2.26. The molecule has 1 atom stereocenters. The van der Waals surface area contributed by atoms with E-state index in [1.54, 1.807) is 0 Å². The van der Waals surface area contributed by atoms with Crippen molar-refractivity contribution in [3.8, 4) is 0 Å². The summed E-state index contributed by atoms with van der Waals surface area (Å²) in [6.45, 7) is -2.32. The van der Waals surface area contributed by atoms with Crippen LogP contribution in [-0.4, -0.2) is 42.4 Å². The number of carboxylic acids is 1. The Bertz CT molecular complexity index is 340. The highest BCUT2D eigenvalue weighted by molar-refractivity contribution is 5.84. The van der Waals surface area contributed by atoms with Crippen LogP contribution in [0.1, 0.15) is 32.1 Å². The average molecular weight is 297 g/mol. The highest BCUT2D eigenvalue weighted by Gasteiger charge is 2.31. The minimum Gasteiger partial charge on any atom is -0.480 e. The van der Waals surface area contributed by atoms with Crippen LogP contribution in [0.3, 0.4) is 0 Å². The Balaban J connectivity index is 2.41. The number of aliphatic carboxylic acids is 1. The van der Waals surface area contributed by atoms with Crippen molar-refractivity contribution in [2.24, 2.45) is 5.92 Å². The first-order valence-corrected chi connectivity index (χ1v) is 6.46. The highest BCUT2D eigenvalue weighted by atomic mass is 19.4. The molecule has 1 aliphatic carbocycles. The fourth-order valence-electron chi connectivity index (χ4n) is 2.32. The second-order valence-corrected chi connectivity index (χ2v) is 4.89. The number of ether oxygens (including phenoxy) is 1. The smallest absolute Gasteiger partial charge is 0.411 e. The van der Waals surface area contributed by atoms with Gasteiger partial charge in [0.15, 0.2) is 0 Å². The fourth-order valence-corrected chi connectivity index (χ4v) is 2.32. The van der Waals surface area contributed by atoms with Crippen molar-refractivity contribution in [3.05, 3.63) is 0 Å². The summed E-state index contributed by atoms with van der Waals surface area (Å²) in [6, 6.07) is -1.06. The van der Waals surface area contributed by atoms with Crippen LogP contribution in [0.5, 0.6) is 0 Å². The first kappa shape index (κ1) is 16.7. The van der Waals surface area contributed by atoms with E-state index in [9.17, 15) is 22.8 Å². The Hall–Kier alpha value is -1.31. The van der Waals surface area contributed by atoms with Crippen LogP contribution in [0, 0.1) is 5.92 Å². The molecule has 1 fully saturated rings. The SMILES string of the molecule is O=C(COCC(F)(F)F)NC(C(=O)O)C1CCCCC1. The summed E-state index contributed by atoms with van der Waals surface area (Å²) >= 11 is 0. The Kier molecular flexibility index (Phi) is 6.25. The van der Waals surface area contributed by atoms with E-state index in [2.05, 4.69) is 10.1 Å². The second-order valence-electron chi connectivity index (χ2n) is 4.89. The molecule has 1 rings (SSSR count). The zero-order valence-electron chi connectivity index (χ0n) is 10.9. The summed E-state index contributed by atoms with van der Waals surface area (Å²) in [4.78, 5) is 22.6. The zero-order valence-corrected chi connectivity index (χ0v) is 10.9. The minimum absolute atomic E-state index is 0.173. The van der Waals surface area contributed by atoms with Gasteiger partial charge in [0.2, 0.25) is 5.91 Å². The first-order valence-electron chi connectivity index (χ1n) is 6.46. The van der Waals surface area contributed by atoms with Gasteiger partial charge < -0.3 is 15.2 Å². The lowest BCUT2D eigenvalue weighted by Gasteiger charge is -2.28. The maximum absolute atomic E-state index is 11.8. The van der Waals surface area contributed by atoms with E-state index in [4.69, 9.17) is 5.11 Å². The molecule has 1 aliphatic rings. The summed E-state index contributed by atoms with van der Waals surface area (Å²) in [5, 5.41) is 11.3. The van der Waals surface area contributed by atoms with E-state index in [0.29, 0.717) is 12.8 Å². The first-order chi connectivity index (χ1) is 9.29. The molecular weight excluding hydrogens is 279 g/mol. The van der Waals surface area contributed by atoms with Crippen LogP contribution >= 0.6 is 0 Å². The molecule has 0 bridgehead atoms. The lowest BCUT2D eigenvalue weighted by atomic mass is 9.84. The molecule has 0 radical (unpaired) electrons. The molecule has 0 aromatic heterocycles. The van der Waals surface area contributed by atoms with Crippen molar-refractivity contribution >= 4 is 11.9 Å². The van der Waals surface area contributed by atoms with Gasteiger partial charge in [-0.25, -0.2) is 4.79 Å². The number of hydrogen-bond acceptors (Lipinski definition) is 3. The van der Waals surface area contributed by atoms with Gasteiger partial charge in [-0.3, -0.25) is 4.79 Å². The molecule has 0 heterocycles. The van der Waals surface area contributed by atoms with Crippen molar-refractivity contribution in [2.45, 2.75) is 44.3 Å². The lowest BCUT2D eigenvalue weighted by Crippen LogP contribution is -2.47. The van der Waals surface area contributed by atoms with Crippen molar-refractivity contribution in [1.29, 1.82) is 0 Å². The standard InChI is InChI=1S/C12H18F3NO4/c13-12(14,15)7-20-6-9(17)16-10(11(18)19)8-4-2-1-3-5-8/h8,10H,1-7H2,(H,16,17)(H,18,19). The van der Waals surface area contributed by atoms with Gasteiger partial charge in [-0.2, -0.15) is 13.2 Å². The number of alkyl halides is 3. The number of hydrogen-bond donors (Lipinski definition) is 2. The van der Waals surface area contributed by atoms with Crippen LogP contribution in [0.25, 0.3) is 0 Å². The van der Waals surface area contributed by atoms with Crippen LogP contribution < -0.4 is 5.32 Å². The Morgan fingerprint density at radius 3 is 2.35 bits per heavy atom. The lowest BCUT2D eigenvalue weighted by molar-refractivity contribution is -0.176. The molecule has 1 saturated carbocycles. The molecule has 1 unspecified atom stereocenters. The predicted molar refractivity (Wildman–Crippen MR) is 63.0 cm³/mol. The minimum atomic E-state index is -4.50. The molecule has 5 nitrogen and oxygen atoms in total. The third-order valence-electron chi connectivity index (χ3n) is 3.20. The maximum atomic E-state index is 11.8. The molecular formula is C12H18F3NO4. The van der Waals surface area contributed by atoms with Crippen molar-refractivity contribution in [2.75, 3.05) is 13.2 Å². The van der Waals surface area contributed by atoms with Gasteiger partial charge in [-0.15, -0.1) is 0 Å². The molecule has 2 N–H and O–H groups in total. The number of carbonyl (C=O) groups is 2. The molecule has 116 valence electrons. The van der Waals surface area contributed by atoms with E-state index in [-0.39, 0.29) is 5.92 Å². The average Bonchev–Trinajstić information content (AvgIpc) is 2.35. The topological polar surface area (TPSA) is 75.6 Å². The Labute approximate surface area is 114 Å². The van der Waals surface area contributed by atoms with Crippen molar-refractivity contribution in [1.82, 2.24) is 5.32 Å². The number of carboxylic acid groups (broad SMARTS) is 1. The Morgan fingerprint density at radius 1 is 1.25 bits per heavy atom. The molecule has 0 saturated heterocycles. The molecule has 1 amide bonds. The van der Waals surface area contributed by atoms with Crippen LogP contribution in [-0.2, 0) is 14.3 Å². The number of nitrogens with one attached hydrogen (secondary N) is 1. The van der Waals surface area contributed by atoms with Gasteiger partial charge in [0.1, 0.15) is 19.3 Å². The van der Waals surface area contributed by atoms with Crippen LogP contribution in [0.4, 0.5) is 13.2 Å². The number of halogens is 3. The molecule has 8 heteroatoms. The normalized spacial score (nSPS) is 18.6. The Morgan fingerprint density at radius 2 is 1.85 bits per heavy atom. The van der Waals surface area contributed by atoms with E-state index in [1.807, 2.05) is 0 Å². The predicted octanol–water partition coefficient (Wildman–Crippen LogP) is 1.71. The fraction of sp³-hybridized carbons (Fsp3) is 0.833.